The molecule has 0 aliphatic heterocycles. The van der Waals surface area contributed by atoms with Gasteiger partial charge in [0.15, 0.2) is 0 Å². The largest absolute Gasteiger partial charge is 0.403 e. The zero-order valence-corrected chi connectivity index (χ0v) is 9.52. The van der Waals surface area contributed by atoms with Crippen LogP contribution in [0.4, 0.5) is 13.2 Å². The van der Waals surface area contributed by atoms with E-state index in [4.69, 9.17) is 5.73 Å². The lowest BCUT2D eigenvalue weighted by atomic mass is 10.3. The van der Waals surface area contributed by atoms with Crippen molar-refractivity contribution in [2.24, 2.45) is 5.73 Å². The molecule has 8 heteroatoms. The first-order chi connectivity index (χ1) is 6.15. The number of hydrazine groups is 1. The lowest BCUT2D eigenvalue weighted by Gasteiger charge is -2.29. The molecule has 0 heterocycles. The molecule has 0 aliphatic rings. The van der Waals surface area contributed by atoms with Crippen LogP contribution < -0.4 is 5.73 Å². The molecule has 1 amide bonds. The van der Waals surface area contributed by atoms with Crippen LogP contribution >= 0.6 is 12.4 Å². The fourth-order valence-electron chi connectivity index (χ4n) is 0.828. The second-order valence-electron chi connectivity index (χ2n) is 3.08. The molecule has 0 fully saturated rings. The van der Waals surface area contributed by atoms with Crippen molar-refractivity contribution in [3.05, 3.63) is 0 Å². The maximum Gasteiger partial charge on any atom is 0.403 e. The monoisotopic (exact) mass is 249 g/mol. The summed E-state index contributed by atoms with van der Waals surface area (Å²) < 4.78 is 35.8. The molecule has 0 saturated carbocycles. The van der Waals surface area contributed by atoms with Crippen LogP contribution in [0.15, 0.2) is 0 Å². The van der Waals surface area contributed by atoms with Gasteiger partial charge >= 0.3 is 6.18 Å². The molecule has 4 nitrogen and oxygen atoms in total. The third-order valence-corrected chi connectivity index (χ3v) is 1.63. The summed E-state index contributed by atoms with van der Waals surface area (Å²) in [6.07, 6.45) is -4.33. The number of carbonyl (C=O) groups is 1. The van der Waals surface area contributed by atoms with Gasteiger partial charge in [-0.3, -0.25) is 9.80 Å². The Labute approximate surface area is 92.6 Å². The van der Waals surface area contributed by atoms with E-state index in [1.807, 2.05) is 0 Å². The normalized spacial score (nSPS) is 13.3. The Kier molecular flexibility index (Phi) is 6.91. The summed E-state index contributed by atoms with van der Waals surface area (Å²) in [5.41, 5.74) is 5.24. The molecule has 92 valence electrons. The van der Waals surface area contributed by atoms with Gasteiger partial charge in [0.05, 0.1) is 6.04 Å². The van der Waals surface area contributed by atoms with Crippen molar-refractivity contribution >= 4 is 18.3 Å². The van der Waals surface area contributed by atoms with Crippen molar-refractivity contribution in [2.45, 2.75) is 19.1 Å². The van der Waals surface area contributed by atoms with Gasteiger partial charge in [-0.2, -0.15) is 13.2 Å². The highest BCUT2D eigenvalue weighted by molar-refractivity contribution is 5.85. The summed E-state index contributed by atoms with van der Waals surface area (Å²) in [6, 6.07) is -0.810. The quantitative estimate of drug-likeness (QED) is 0.746. The predicted octanol–water partition coefficient (Wildman–Crippen LogP) is 0.623. The van der Waals surface area contributed by atoms with E-state index in [-0.39, 0.29) is 12.4 Å². The molecular formula is C7H15ClF3N3O. The Balaban J connectivity index is 0. The number of alkyl halides is 3. The average Bonchev–Trinajstić information content (AvgIpc) is 1.98. The molecule has 0 aromatic heterocycles. The second-order valence-corrected chi connectivity index (χ2v) is 3.08. The van der Waals surface area contributed by atoms with E-state index in [1.54, 1.807) is 0 Å². The maximum absolute atomic E-state index is 11.9. The first kappa shape index (κ1) is 16.9. The molecule has 0 spiro atoms. The van der Waals surface area contributed by atoms with Gasteiger partial charge in [0.25, 0.3) is 5.91 Å². The molecule has 1 atom stereocenters. The smallest absolute Gasteiger partial charge is 0.320 e. The van der Waals surface area contributed by atoms with Crippen LogP contribution in [0, 0.1) is 0 Å². The van der Waals surface area contributed by atoms with Gasteiger partial charge < -0.3 is 5.73 Å². The zero-order valence-electron chi connectivity index (χ0n) is 8.71. The summed E-state index contributed by atoms with van der Waals surface area (Å²) in [4.78, 5) is 11.2. The minimum absolute atomic E-state index is 0. The third kappa shape index (κ3) is 6.53. The minimum atomic E-state index is -4.33. The third-order valence-electron chi connectivity index (χ3n) is 1.63. The van der Waals surface area contributed by atoms with Gasteiger partial charge in [0, 0.05) is 14.1 Å². The Bertz CT molecular complexity index is 210. The van der Waals surface area contributed by atoms with E-state index in [9.17, 15) is 18.0 Å². The number of nitrogens with two attached hydrogens (primary N) is 1. The van der Waals surface area contributed by atoms with Crippen molar-refractivity contribution in [3.63, 3.8) is 0 Å². The Hall–Kier alpha value is -0.530. The maximum atomic E-state index is 11.9. The first-order valence-electron chi connectivity index (χ1n) is 3.96. The van der Waals surface area contributed by atoms with Gasteiger partial charge in [-0.25, -0.2) is 5.01 Å². The van der Waals surface area contributed by atoms with E-state index in [0.29, 0.717) is 0 Å². The summed E-state index contributed by atoms with van der Waals surface area (Å²) >= 11 is 0. The van der Waals surface area contributed by atoms with E-state index in [0.717, 1.165) is 10.0 Å². The second kappa shape index (κ2) is 6.14. The lowest BCUT2D eigenvalue weighted by Crippen LogP contribution is -2.50. The fourth-order valence-corrected chi connectivity index (χ4v) is 0.828. The molecule has 1 unspecified atom stereocenters. The van der Waals surface area contributed by atoms with Crippen molar-refractivity contribution in [1.29, 1.82) is 0 Å². The Morgan fingerprint density at radius 3 is 2.07 bits per heavy atom. The van der Waals surface area contributed by atoms with Crippen LogP contribution in [0.2, 0.25) is 0 Å². The van der Waals surface area contributed by atoms with Crippen LogP contribution in [0.1, 0.15) is 6.92 Å². The summed E-state index contributed by atoms with van der Waals surface area (Å²) in [7, 11) is 2.42. The van der Waals surface area contributed by atoms with E-state index in [1.165, 1.54) is 21.0 Å². The van der Waals surface area contributed by atoms with Gasteiger partial charge in [0.1, 0.15) is 6.54 Å². The highest BCUT2D eigenvalue weighted by Gasteiger charge is 2.32. The average molecular weight is 250 g/mol. The molecule has 0 radical (unpaired) electrons. The van der Waals surface area contributed by atoms with Gasteiger partial charge in [-0.15, -0.1) is 12.4 Å². The van der Waals surface area contributed by atoms with Crippen molar-refractivity contribution in [1.82, 2.24) is 10.0 Å². The highest BCUT2D eigenvalue weighted by Crippen LogP contribution is 2.16. The molecular weight excluding hydrogens is 235 g/mol. The van der Waals surface area contributed by atoms with E-state index < -0.39 is 24.7 Å². The number of amides is 1. The number of hydrogen-bond donors (Lipinski definition) is 1. The number of hydrogen-bond acceptors (Lipinski definition) is 3. The van der Waals surface area contributed by atoms with Crippen molar-refractivity contribution in [3.8, 4) is 0 Å². The number of rotatable bonds is 3. The highest BCUT2D eigenvalue weighted by atomic mass is 35.5. The summed E-state index contributed by atoms with van der Waals surface area (Å²) in [5.74, 6) is -0.559. The van der Waals surface area contributed by atoms with E-state index >= 15 is 0 Å². The molecule has 0 saturated heterocycles. The molecule has 0 aliphatic carbocycles. The SMILES string of the molecule is CC(N)C(=O)N(C)N(C)CC(F)(F)F.Cl. The van der Waals surface area contributed by atoms with Crippen molar-refractivity contribution < 1.29 is 18.0 Å². The summed E-state index contributed by atoms with van der Waals surface area (Å²) in [6.45, 7) is 0.238. The molecule has 0 rings (SSSR count). The van der Waals surface area contributed by atoms with Gasteiger partial charge in [-0.1, -0.05) is 0 Å². The fraction of sp³-hybridized carbons (Fsp3) is 0.857. The van der Waals surface area contributed by atoms with Crippen LogP contribution in [-0.4, -0.2) is 48.8 Å². The van der Waals surface area contributed by atoms with Crippen LogP contribution in [0.25, 0.3) is 0 Å². The van der Waals surface area contributed by atoms with Crippen LogP contribution in [-0.2, 0) is 4.79 Å². The lowest BCUT2D eigenvalue weighted by molar-refractivity contribution is -0.179. The Morgan fingerprint density at radius 2 is 1.80 bits per heavy atom. The molecule has 0 bridgehead atoms. The van der Waals surface area contributed by atoms with Crippen LogP contribution in [0.5, 0.6) is 0 Å². The number of likely N-dealkylation sites (N-methyl/N-ethyl adjacent to an activating group) is 1. The van der Waals surface area contributed by atoms with Crippen molar-refractivity contribution in [2.75, 3.05) is 20.6 Å². The zero-order chi connectivity index (χ0) is 11.5. The minimum Gasteiger partial charge on any atom is -0.320 e. The molecule has 15 heavy (non-hydrogen) atoms. The van der Waals surface area contributed by atoms with Gasteiger partial charge in [0.2, 0.25) is 0 Å². The van der Waals surface area contributed by atoms with Crippen LogP contribution in [0.3, 0.4) is 0 Å². The Morgan fingerprint density at radius 1 is 1.40 bits per heavy atom. The van der Waals surface area contributed by atoms with Gasteiger partial charge in [-0.05, 0) is 6.92 Å². The van der Waals surface area contributed by atoms with E-state index in [2.05, 4.69) is 0 Å². The topological polar surface area (TPSA) is 49.6 Å². The molecule has 2 N–H and O–H groups in total. The molecule has 0 aromatic carbocycles. The number of carbonyl (C=O) groups excluding carboxylic acids is 1. The molecule has 0 aromatic rings. The number of nitrogens with zero attached hydrogens (tertiary/aromatic N) is 2. The predicted molar refractivity (Wildman–Crippen MR) is 52.4 cm³/mol. The summed E-state index contributed by atoms with van der Waals surface area (Å²) in [5, 5.41) is 1.63. The standard InChI is InChI=1S/C7H14F3N3O.ClH/c1-5(11)6(14)13(3)12(2)4-7(8,9)10;/h5H,4,11H2,1-3H3;1H. The first-order valence-corrected chi connectivity index (χ1v) is 3.96. The number of halogens is 4.